The zero-order valence-corrected chi connectivity index (χ0v) is 86.8. The number of nitrogens with two attached hydrogens (primary N) is 2. The third kappa shape index (κ3) is 37.0. The molecule has 3 amide bonds. The van der Waals surface area contributed by atoms with E-state index in [1.54, 1.807) is 211 Å². The Morgan fingerprint density at radius 2 is 0.659 bits per heavy atom. The summed E-state index contributed by atoms with van der Waals surface area (Å²) in [6.45, 7) is 45.1. The van der Waals surface area contributed by atoms with E-state index >= 15 is 0 Å². The van der Waals surface area contributed by atoms with E-state index in [4.69, 9.17) is 28.9 Å². The Labute approximate surface area is 792 Å². The number of carbonyl (C=O) groups is 3. The topological polar surface area (TPSA) is 503 Å². The Morgan fingerprint density at radius 1 is 0.403 bits per heavy atom. The van der Waals surface area contributed by atoms with Crippen molar-refractivity contribution in [3.8, 4) is 58.0 Å². The number of anilines is 6. The lowest BCUT2D eigenvalue weighted by atomic mass is 10.1. The largest absolute Gasteiger partial charge is 0.399 e. The highest BCUT2D eigenvalue weighted by Gasteiger charge is 2.34. The number of thiazole rings is 3. The fourth-order valence-electron chi connectivity index (χ4n) is 11.2. The number of rotatable bonds is 23. The average molecular weight is 2050 g/mol. The highest BCUT2D eigenvalue weighted by molar-refractivity contribution is 9.11. The van der Waals surface area contributed by atoms with Crippen molar-refractivity contribution in [2.24, 2.45) is 0 Å². The van der Waals surface area contributed by atoms with Crippen LogP contribution in [0.3, 0.4) is 0 Å². The van der Waals surface area contributed by atoms with Crippen LogP contribution in [-0.4, -0.2) is 133 Å². The van der Waals surface area contributed by atoms with Gasteiger partial charge in [-0.05, 0) is 282 Å². The van der Waals surface area contributed by atoms with Gasteiger partial charge in [0.2, 0.25) is 77.9 Å². The van der Waals surface area contributed by atoms with Gasteiger partial charge in [-0.3, -0.25) is 14.4 Å². The van der Waals surface area contributed by atoms with E-state index in [0.29, 0.717) is 97.0 Å². The SMILES string of the molecule is C.CC(=O)Nc1ccc(-c2ncc(-c3ccc(N)cc3S(=O)(=O)NC(C)(C)C)s2)c(S(=O)(=O)NC(C)(C)C)c1.CC(=O)Nc1ccc(-c2ncc(-c3ccc(NC(=S)NC(C)C)cc3S(=O)(=O)NC(C)(C)C)s2)c(S(=O)(=O)NC(C)(C)C)c1.CC(=O)Nc1ccc(-c2ncc(Br)s2)c(S(=O)(=O)NC(C)(C)C)c1.CC(C)SC#N.Cc1ccc(N)cc1S(=O)(=O)NC(C)(C)C. The maximum atomic E-state index is 13.7. The highest BCUT2D eigenvalue weighted by Crippen LogP contribution is 2.43. The standard InChI is InChI=1S/C29H40N6O5S4.C25H33N5O5S3.C15H18BrN3O3S2.C11H18N2O2S.C4H7NS.CH4/c1-17(2)31-27(41)33-20-10-12-21(24(15-20)43(37,38)34-28(4,5)6)23-16-30-26(42-23)22-13-11-19(32-18(3)36)14-25(22)44(39,40)35-29(7,8)9;1-15(31)28-17-9-11-19(22(13-17)38(34,35)30-25(5,6)7)23-27-14-20(36-23)18-10-8-16(26)12-21(18)37(32,33)29-24(2,3)4;1-9(20)18-10-5-6-11(14-17-8-13(16)23-14)12(7-10)24(21,22)19-15(2,3)4;1-8-5-6-9(12)7-10(8)16(14,15)13-11(2,3)4;1-4(2)6-3-5;/h10-17,34-35H,1-9H3,(H,32,36)(H2,31,33,41);8-14,29-30H,26H2,1-7H3,(H,28,31);5-8,19H,1-4H3,(H,18,20);5-7,13H,12H2,1-4H3;4H,1-2H3;1H4. The Bertz CT molecular complexity index is 6310. The molecule has 15 N–H and O–H groups in total. The number of benzene rings is 6. The first-order chi connectivity index (χ1) is 58.2. The Morgan fingerprint density at radius 3 is 0.930 bits per heavy atom. The molecule has 32 nitrogen and oxygen atoms in total. The number of hydrogen-bond donors (Lipinski definition) is 13. The number of nitrogens with zero attached hydrogens (tertiary/aromatic N) is 4. The first-order valence-corrected chi connectivity index (χ1v) is 52.7. The van der Waals surface area contributed by atoms with Crippen LogP contribution in [-0.2, 0) is 74.5 Å². The van der Waals surface area contributed by atoms with E-state index in [1.807, 2.05) is 33.1 Å². The van der Waals surface area contributed by atoms with E-state index in [2.05, 4.69) is 85.8 Å². The van der Waals surface area contributed by atoms with Crippen LogP contribution in [0.5, 0.6) is 0 Å². The van der Waals surface area contributed by atoms with Crippen molar-refractivity contribution in [2.75, 3.05) is 32.7 Å². The summed E-state index contributed by atoms with van der Waals surface area (Å²) in [4.78, 5) is 48.9. The summed E-state index contributed by atoms with van der Waals surface area (Å²) in [6, 6.07) is 28.2. The molecule has 0 aliphatic carbocycles. The lowest BCUT2D eigenvalue weighted by Gasteiger charge is -2.22. The van der Waals surface area contributed by atoms with E-state index in [9.17, 15) is 64.9 Å². The predicted molar refractivity (Wildman–Crippen MR) is 534 cm³/mol. The number of hydrogen-bond acceptors (Lipinski definition) is 26. The molecular weight excluding hydrogens is 1930 g/mol. The van der Waals surface area contributed by atoms with Crippen molar-refractivity contribution in [2.45, 2.75) is 261 Å². The molecule has 9 aromatic rings. The van der Waals surface area contributed by atoms with Crippen molar-refractivity contribution >= 4 is 191 Å². The van der Waals surface area contributed by atoms with Gasteiger partial charge in [0.15, 0.2) is 5.11 Å². The fraction of sp³-hybridized carbons (Fsp3) is 0.412. The maximum absolute atomic E-state index is 13.7. The van der Waals surface area contributed by atoms with Gasteiger partial charge in [0.1, 0.15) is 20.4 Å². The molecule has 0 saturated carbocycles. The Balaban J connectivity index is 0.000000370. The summed E-state index contributed by atoms with van der Waals surface area (Å²) in [5.41, 5.74) is 12.1. The molecule has 0 saturated heterocycles. The predicted octanol–water partition coefficient (Wildman–Crippen LogP) is 17.0. The molecule has 0 fully saturated rings. The van der Waals surface area contributed by atoms with Gasteiger partial charge in [0.05, 0.1) is 49.1 Å². The van der Waals surface area contributed by atoms with Gasteiger partial charge in [0.25, 0.3) is 0 Å². The fourth-order valence-corrected chi connectivity index (χ4v) is 25.3. The molecule has 3 aromatic heterocycles. The molecule has 0 aliphatic rings. The Kier molecular flexibility index (Phi) is 39.4. The van der Waals surface area contributed by atoms with E-state index in [0.717, 1.165) is 26.5 Å². The van der Waals surface area contributed by atoms with Gasteiger partial charge >= 0.3 is 0 Å². The molecule has 0 aliphatic heterocycles. The molecule has 0 atom stereocenters. The number of thiocarbonyl (C=S) groups is 1. The monoisotopic (exact) mass is 2050 g/mol. The molecule has 0 spiro atoms. The van der Waals surface area contributed by atoms with Crippen molar-refractivity contribution < 1.29 is 64.9 Å². The van der Waals surface area contributed by atoms with Gasteiger partial charge in [-0.1, -0.05) is 39.5 Å². The first kappa shape index (κ1) is 113. The summed E-state index contributed by atoms with van der Waals surface area (Å²) >= 11 is 13.6. The molecule has 3 heterocycles. The molecule has 129 heavy (non-hydrogen) atoms. The van der Waals surface area contributed by atoms with Crippen LogP contribution in [0, 0.1) is 17.6 Å². The minimum atomic E-state index is -4.06. The third-order valence-electron chi connectivity index (χ3n) is 15.2. The quantitative estimate of drug-likeness (QED) is 0.0161. The van der Waals surface area contributed by atoms with Crippen LogP contribution in [0.4, 0.5) is 34.1 Å². The Hall–Kier alpha value is -8.31. The normalized spacial score (nSPS) is 12.4. The summed E-state index contributed by atoms with van der Waals surface area (Å²) in [7, 11) is -23.3. The lowest BCUT2D eigenvalue weighted by Crippen LogP contribution is -2.40. The molecule has 0 bridgehead atoms. The van der Waals surface area contributed by atoms with Gasteiger partial charge in [-0.25, -0.2) is 93.8 Å². The van der Waals surface area contributed by atoms with E-state index < -0.39 is 93.4 Å². The number of sulfonamides is 6. The number of nitriles is 1. The van der Waals surface area contributed by atoms with Crippen molar-refractivity contribution in [1.82, 2.24) is 48.6 Å². The van der Waals surface area contributed by atoms with Crippen LogP contribution in [0.1, 0.15) is 186 Å². The van der Waals surface area contributed by atoms with Crippen molar-refractivity contribution in [3.63, 3.8) is 0 Å². The zero-order valence-electron chi connectivity index (χ0n) is 76.2. The second-order valence-electron chi connectivity index (χ2n) is 35.8. The minimum Gasteiger partial charge on any atom is -0.399 e. The van der Waals surface area contributed by atoms with E-state index in [-0.39, 0.29) is 66.3 Å². The maximum Gasteiger partial charge on any atom is 0.241 e. The molecule has 0 radical (unpaired) electrons. The molecule has 0 unspecified atom stereocenters. The smallest absolute Gasteiger partial charge is 0.241 e. The average Bonchev–Trinajstić information content (AvgIpc) is 1.52. The van der Waals surface area contributed by atoms with Crippen molar-refractivity contribution in [3.05, 3.63) is 137 Å². The highest BCUT2D eigenvalue weighted by atomic mass is 79.9. The minimum absolute atomic E-state index is 0. The first-order valence-electron chi connectivity index (χ1n) is 39.3. The summed E-state index contributed by atoms with van der Waals surface area (Å²) in [5, 5.41) is 25.9. The molecular formula is C85H120BrN17O15S11. The summed E-state index contributed by atoms with van der Waals surface area (Å²) in [5.74, 6) is -0.966. The van der Waals surface area contributed by atoms with Gasteiger partial charge < -0.3 is 38.1 Å². The number of nitrogen functional groups attached to an aromatic ring is 2. The lowest BCUT2D eigenvalue weighted by molar-refractivity contribution is -0.115. The molecule has 9 rings (SSSR count). The zero-order chi connectivity index (χ0) is 97.6. The number of nitrogens with one attached hydrogen (secondary N) is 11. The number of halogens is 1. The number of carbonyl (C=O) groups excluding carboxylic acids is 3. The second-order valence-corrected chi connectivity index (χ2v) is 52.0. The van der Waals surface area contributed by atoms with Crippen LogP contribution >= 0.6 is 73.9 Å². The van der Waals surface area contributed by atoms with Crippen LogP contribution in [0.2, 0.25) is 0 Å². The molecule has 44 heteroatoms. The number of amides is 3. The number of thioether (sulfide) groups is 1. The van der Waals surface area contributed by atoms with Gasteiger partial charge in [0, 0.05) is 140 Å². The van der Waals surface area contributed by atoms with Gasteiger partial charge in [-0.2, -0.15) is 5.26 Å². The second kappa shape index (κ2) is 44.9. The summed E-state index contributed by atoms with van der Waals surface area (Å²) < 4.78 is 174. The van der Waals surface area contributed by atoms with E-state index in [1.165, 1.54) is 92.7 Å². The van der Waals surface area contributed by atoms with Crippen LogP contribution < -0.4 is 66.4 Å². The molecule has 6 aromatic carbocycles. The van der Waals surface area contributed by atoms with Crippen LogP contribution in [0.15, 0.2) is 161 Å². The van der Waals surface area contributed by atoms with Crippen molar-refractivity contribution in [1.29, 1.82) is 5.26 Å². The van der Waals surface area contributed by atoms with Gasteiger partial charge in [-0.15, -0.1) is 34.0 Å². The number of aromatic nitrogens is 3. The number of thiocyanates is 1. The number of aryl methyl sites for hydroxylation is 1. The molecule has 708 valence electrons. The third-order valence-corrected chi connectivity index (χ3v) is 30.5. The van der Waals surface area contributed by atoms with Crippen LogP contribution in [0.25, 0.3) is 52.6 Å². The summed E-state index contributed by atoms with van der Waals surface area (Å²) in [6.07, 6.45) is 4.63.